The van der Waals surface area contributed by atoms with Gasteiger partial charge in [0.1, 0.15) is 0 Å². The zero-order valence-corrected chi connectivity index (χ0v) is 18.1. The molecule has 0 saturated carbocycles. The van der Waals surface area contributed by atoms with Crippen LogP contribution in [0.1, 0.15) is 28.9 Å². The van der Waals surface area contributed by atoms with E-state index in [4.69, 9.17) is 9.47 Å². The molecule has 0 spiro atoms. The lowest BCUT2D eigenvalue weighted by Crippen LogP contribution is -2.25. The fraction of sp³-hybridized carbons (Fsp3) is 0.333. The molecule has 3 rings (SSSR count). The molecule has 1 amide bonds. The summed E-state index contributed by atoms with van der Waals surface area (Å²) in [6.45, 7) is 4.62. The first kappa shape index (κ1) is 21.4. The summed E-state index contributed by atoms with van der Waals surface area (Å²) >= 11 is 0. The minimum Gasteiger partial charge on any atom is -0.493 e. The number of aromatic nitrogens is 2. The van der Waals surface area contributed by atoms with Gasteiger partial charge in [0.05, 0.1) is 25.6 Å². The number of hydrogen-bond donors (Lipinski definition) is 1. The highest BCUT2D eigenvalue weighted by molar-refractivity contribution is 5.76. The Morgan fingerprint density at radius 3 is 2.27 bits per heavy atom. The highest BCUT2D eigenvalue weighted by atomic mass is 16.5. The molecule has 0 aliphatic heterocycles. The molecule has 0 atom stereocenters. The number of rotatable bonds is 9. The van der Waals surface area contributed by atoms with Crippen molar-refractivity contribution in [3.63, 3.8) is 0 Å². The maximum atomic E-state index is 12.2. The van der Waals surface area contributed by atoms with E-state index in [-0.39, 0.29) is 5.91 Å². The van der Waals surface area contributed by atoms with Gasteiger partial charge in [0.15, 0.2) is 11.5 Å². The van der Waals surface area contributed by atoms with Crippen molar-refractivity contribution >= 4 is 5.91 Å². The molecule has 0 bridgehead atoms. The standard InChI is InChI=1S/C24H29N3O3/c1-17-15-18(2)27(26-17)21-9-5-19(6-10-21)8-12-24(28)25-14-13-20-7-11-22(29-3)23(16-20)30-4/h5-7,9-11,15-16H,8,12-14H2,1-4H3,(H,25,28). The number of benzene rings is 2. The van der Waals surface area contributed by atoms with E-state index in [2.05, 4.69) is 28.6 Å². The molecule has 1 heterocycles. The van der Waals surface area contributed by atoms with E-state index in [9.17, 15) is 4.79 Å². The first-order valence-electron chi connectivity index (χ1n) is 10.1. The second-order valence-electron chi connectivity index (χ2n) is 7.29. The first-order chi connectivity index (χ1) is 14.5. The molecule has 0 aliphatic carbocycles. The van der Waals surface area contributed by atoms with Crippen LogP contribution < -0.4 is 14.8 Å². The van der Waals surface area contributed by atoms with Crippen molar-refractivity contribution in [2.45, 2.75) is 33.1 Å². The number of nitrogens with zero attached hydrogens (tertiary/aromatic N) is 2. The molecule has 158 valence electrons. The Morgan fingerprint density at radius 1 is 0.933 bits per heavy atom. The normalized spacial score (nSPS) is 10.7. The van der Waals surface area contributed by atoms with Gasteiger partial charge in [0.25, 0.3) is 0 Å². The number of carbonyl (C=O) groups is 1. The van der Waals surface area contributed by atoms with Gasteiger partial charge in [0, 0.05) is 18.7 Å². The van der Waals surface area contributed by atoms with Crippen LogP contribution in [0.5, 0.6) is 11.5 Å². The summed E-state index contributed by atoms with van der Waals surface area (Å²) in [7, 11) is 3.23. The average molecular weight is 408 g/mol. The quantitative estimate of drug-likeness (QED) is 0.586. The number of ether oxygens (including phenoxy) is 2. The minimum atomic E-state index is 0.0538. The summed E-state index contributed by atoms with van der Waals surface area (Å²) in [5.41, 5.74) is 5.36. The maximum Gasteiger partial charge on any atom is 0.220 e. The number of nitrogens with one attached hydrogen (secondary N) is 1. The predicted octanol–water partition coefficient (Wildman–Crippen LogP) is 3.80. The van der Waals surface area contributed by atoms with Crippen molar-refractivity contribution in [1.82, 2.24) is 15.1 Å². The Bertz CT molecular complexity index is 993. The van der Waals surface area contributed by atoms with Gasteiger partial charge in [-0.1, -0.05) is 18.2 Å². The smallest absolute Gasteiger partial charge is 0.220 e. The van der Waals surface area contributed by atoms with E-state index >= 15 is 0 Å². The molecular weight excluding hydrogens is 378 g/mol. The molecule has 30 heavy (non-hydrogen) atoms. The minimum absolute atomic E-state index is 0.0538. The highest BCUT2D eigenvalue weighted by Crippen LogP contribution is 2.27. The largest absolute Gasteiger partial charge is 0.493 e. The number of amides is 1. The zero-order valence-electron chi connectivity index (χ0n) is 18.1. The van der Waals surface area contributed by atoms with Crippen LogP contribution in [0, 0.1) is 13.8 Å². The molecule has 0 aliphatic rings. The van der Waals surface area contributed by atoms with Crippen molar-refractivity contribution in [3.8, 4) is 17.2 Å². The summed E-state index contributed by atoms with van der Waals surface area (Å²) in [6, 6.07) is 16.1. The predicted molar refractivity (Wildman–Crippen MR) is 118 cm³/mol. The summed E-state index contributed by atoms with van der Waals surface area (Å²) in [4.78, 5) is 12.2. The highest BCUT2D eigenvalue weighted by Gasteiger charge is 2.07. The molecule has 1 N–H and O–H groups in total. The van der Waals surface area contributed by atoms with E-state index in [0.29, 0.717) is 30.9 Å². The second kappa shape index (κ2) is 9.96. The molecule has 0 fully saturated rings. The lowest BCUT2D eigenvalue weighted by molar-refractivity contribution is -0.121. The van der Waals surface area contributed by atoms with Gasteiger partial charge < -0.3 is 14.8 Å². The molecule has 6 heteroatoms. The third-order valence-corrected chi connectivity index (χ3v) is 5.02. The Morgan fingerprint density at radius 2 is 1.63 bits per heavy atom. The SMILES string of the molecule is COc1ccc(CCNC(=O)CCc2ccc(-n3nc(C)cc3C)cc2)cc1OC. The molecule has 0 radical (unpaired) electrons. The topological polar surface area (TPSA) is 65.4 Å². The van der Waals surface area contributed by atoms with E-state index in [0.717, 1.165) is 34.6 Å². The van der Waals surface area contributed by atoms with Crippen LogP contribution in [-0.2, 0) is 17.6 Å². The second-order valence-corrected chi connectivity index (χ2v) is 7.29. The molecule has 6 nitrogen and oxygen atoms in total. The number of carbonyl (C=O) groups excluding carboxylic acids is 1. The van der Waals surface area contributed by atoms with Crippen molar-refractivity contribution in [2.75, 3.05) is 20.8 Å². The summed E-state index contributed by atoms with van der Waals surface area (Å²) < 4.78 is 12.5. The zero-order chi connectivity index (χ0) is 21.5. The Labute approximate surface area is 177 Å². The lowest BCUT2D eigenvalue weighted by Gasteiger charge is -2.10. The van der Waals surface area contributed by atoms with E-state index < -0.39 is 0 Å². The van der Waals surface area contributed by atoms with Crippen molar-refractivity contribution < 1.29 is 14.3 Å². The van der Waals surface area contributed by atoms with Gasteiger partial charge >= 0.3 is 0 Å². The van der Waals surface area contributed by atoms with E-state index in [1.165, 1.54) is 0 Å². The first-order valence-corrected chi connectivity index (χ1v) is 10.1. The summed E-state index contributed by atoms with van der Waals surface area (Å²) in [5, 5.41) is 7.49. The van der Waals surface area contributed by atoms with Crippen molar-refractivity contribution in [3.05, 3.63) is 71.0 Å². The number of methoxy groups -OCH3 is 2. The molecule has 0 unspecified atom stereocenters. The fourth-order valence-electron chi connectivity index (χ4n) is 3.42. The molecule has 0 saturated heterocycles. The third kappa shape index (κ3) is 5.41. The van der Waals surface area contributed by atoms with Crippen LogP contribution in [0.2, 0.25) is 0 Å². The van der Waals surface area contributed by atoms with Crippen LogP contribution in [-0.4, -0.2) is 36.5 Å². The lowest BCUT2D eigenvalue weighted by atomic mass is 10.1. The van der Waals surface area contributed by atoms with Crippen LogP contribution in [0.3, 0.4) is 0 Å². The van der Waals surface area contributed by atoms with Gasteiger partial charge in [-0.3, -0.25) is 4.79 Å². The van der Waals surface area contributed by atoms with Crippen molar-refractivity contribution in [2.24, 2.45) is 0 Å². The van der Waals surface area contributed by atoms with Crippen LogP contribution >= 0.6 is 0 Å². The van der Waals surface area contributed by atoms with Crippen LogP contribution in [0.4, 0.5) is 0 Å². The number of aryl methyl sites for hydroxylation is 3. The molecule has 3 aromatic rings. The Kier molecular flexibility index (Phi) is 7.12. The summed E-state index contributed by atoms with van der Waals surface area (Å²) in [5.74, 6) is 1.46. The number of hydrogen-bond acceptors (Lipinski definition) is 4. The molecular formula is C24H29N3O3. The van der Waals surface area contributed by atoms with Gasteiger partial charge in [-0.15, -0.1) is 0 Å². The van der Waals surface area contributed by atoms with Crippen LogP contribution in [0.15, 0.2) is 48.5 Å². The van der Waals surface area contributed by atoms with E-state index in [1.807, 2.05) is 48.9 Å². The van der Waals surface area contributed by atoms with Gasteiger partial charge in [-0.05, 0) is 68.1 Å². The average Bonchev–Trinajstić information content (AvgIpc) is 3.10. The van der Waals surface area contributed by atoms with Crippen LogP contribution in [0.25, 0.3) is 5.69 Å². The van der Waals surface area contributed by atoms with Crippen molar-refractivity contribution in [1.29, 1.82) is 0 Å². The van der Waals surface area contributed by atoms with Gasteiger partial charge in [-0.2, -0.15) is 5.10 Å². The summed E-state index contributed by atoms with van der Waals surface area (Å²) in [6.07, 6.45) is 1.91. The Balaban J connectivity index is 1.45. The van der Waals surface area contributed by atoms with E-state index in [1.54, 1.807) is 14.2 Å². The maximum absolute atomic E-state index is 12.2. The Hall–Kier alpha value is -3.28. The molecule has 2 aromatic carbocycles. The van der Waals surface area contributed by atoms with Gasteiger partial charge in [-0.25, -0.2) is 4.68 Å². The van der Waals surface area contributed by atoms with Gasteiger partial charge in [0.2, 0.25) is 5.91 Å². The fourth-order valence-corrected chi connectivity index (χ4v) is 3.42. The monoisotopic (exact) mass is 407 g/mol. The molecule has 1 aromatic heterocycles. The third-order valence-electron chi connectivity index (χ3n) is 5.02.